The second-order valence-electron chi connectivity index (χ2n) is 6.88. The molecule has 0 aromatic heterocycles. The molecule has 7 heteroatoms. The largest absolute Gasteiger partial charge is 0.354 e. The molecule has 2 aromatic carbocycles. The first-order valence-electron chi connectivity index (χ1n) is 9.57. The zero-order valence-electron chi connectivity index (χ0n) is 16.6. The fraction of sp³-hybridized carbons (Fsp3) is 0.364. The zero-order chi connectivity index (χ0) is 21.4. The molecular formula is C22H25Cl3N2O2. The molecule has 0 fully saturated rings. The van der Waals surface area contributed by atoms with Gasteiger partial charge in [0, 0.05) is 28.2 Å². The van der Waals surface area contributed by atoms with E-state index < -0.39 is 6.04 Å². The number of amides is 2. The van der Waals surface area contributed by atoms with E-state index in [1.54, 1.807) is 42.2 Å². The molecule has 0 radical (unpaired) electrons. The average molecular weight is 456 g/mol. The quantitative estimate of drug-likeness (QED) is 0.506. The predicted octanol–water partition coefficient (Wildman–Crippen LogP) is 5.52. The lowest BCUT2D eigenvalue weighted by Crippen LogP contribution is -2.48. The molecule has 2 amide bonds. The molecule has 0 aliphatic rings. The molecule has 4 nitrogen and oxygen atoms in total. The van der Waals surface area contributed by atoms with E-state index in [0.717, 1.165) is 18.4 Å². The summed E-state index contributed by atoms with van der Waals surface area (Å²) in [7, 11) is 0. The van der Waals surface area contributed by atoms with Gasteiger partial charge in [-0.15, -0.1) is 0 Å². The molecule has 2 rings (SSSR count). The minimum atomic E-state index is -0.635. The van der Waals surface area contributed by atoms with Crippen molar-refractivity contribution in [2.45, 2.75) is 45.7 Å². The molecular weight excluding hydrogens is 431 g/mol. The standard InChI is InChI=1S/C22H25Cl3N2O2/c1-3-4-10-26-22(29)15(2)27(14-16-6-5-7-18(23)11-16)21(28)12-17-8-9-19(24)13-20(17)25/h5-9,11,13,15H,3-4,10,12,14H2,1-2H3,(H,26,29)/t15-/m0/s1. The molecule has 2 aromatic rings. The number of benzene rings is 2. The van der Waals surface area contributed by atoms with Gasteiger partial charge < -0.3 is 10.2 Å². The Morgan fingerprint density at radius 1 is 1.07 bits per heavy atom. The molecule has 0 heterocycles. The zero-order valence-corrected chi connectivity index (χ0v) is 18.8. The number of unbranched alkanes of at least 4 members (excludes halogenated alkanes) is 1. The third-order valence-corrected chi connectivity index (χ3v) is 5.42. The van der Waals surface area contributed by atoms with Crippen molar-refractivity contribution in [3.63, 3.8) is 0 Å². The summed E-state index contributed by atoms with van der Waals surface area (Å²) < 4.78 is 0. The fourth-order valence-corrected chi connectivity index (χ4v) is 3.57. The highest BCUT2D eigenvalue weighted by Gasteiger charge is 2.26. The van der Waals surface area contributed by atoms with Crippen LogP contribution in [0.3, 0.4) is 0 Å². The van der Waals surface area contributed by atoms with Crippen molar-refractivity contribution in [3.8, 4) is 0 Å². The van der Waals surface area contributed by atoms with Gasteiger partial charge in [0.25, 0.3) is 0 Å². The van der Waals surface area contributed by atoms with Crippen LogP contribution in [0.25, 0.3) is 0 Å². The van der Waals surface area contributed by atoms with Gasteiger partial charge in [0.15, 0.2) is 0 Å². The second-order valence-corrected chi connectivity index (χ2v) is 8.16. The van der Waals surface area contributed by atoms with E-state index in [4.69, 9.17) is 34.8 Å². The van der Waals surface area contributed by atoms with Crippen LogP contribution in [0.2, 0.25) is 15.1 Å². The third-order valence-electron chi connectivity index (χ3n) is 4.60. The van der Waals surface area contributed by atoms with Gasteiger partial charge in [0.1, 0.15) is 6.04 Å². The Kier molecular flexibility index (Phi) is 9.28. The van der Waals surface area contributed by atoms with Gasteiger partial charge >= 0.3 is 0 Å². The Morgan fingerprint density at radius 2 is 1.79 bits per heavy atom. The topological polar surface area (TPSA) is 49.4 Å². The molecule has 0 saturated heterocycles. The molecule has 29 heavy (non-hydrogen) atoms. The first kappa shape index (κ1) is 23.5. The molecule has 0 spiro atoms. The third kappa shape index (κ3) is 7.22. The van der Waals surface area contributed by atoms with Crippen LogP contribution in [0.4, 0.5) is 0 Å². The normalized spacial score (nSPS) is 11.8. The SMILES string of the molecule is CCCCNC(=O)[C@H](C)N(Cc1cccc(Cl)c1)C(=O)Cc1ccc(Cl)cc1Cl. The van der Waals surface area contributed by atoms with Crippen molar-refractivity contribution in [1.82, 2.24) is 10.2 Å². The number of hydrogen-bond donors (Lipinski definition) is 1. The van der Waals surface area contributed by atoms with Crippen LogP contribution in [0.1, 0.15) is 37.8 Å². The number of rotatable bonds is 9. The van der Waals surface area contributed by atoms with E-state index in [1.165, 1.54) is 0 Å². The van der Waals surface area contributed by atoms with Crippen LogP contribution in [0.5, 0.6) is 0 Å². The lowest BCUT2D eigenvalue weighted by atomic mass is 10.1. The number of halogens is 3. The Morgan fingerprint density at radius 3 is 2.45 bits per heavy atom. The van der Waals surface area contributed by atoms with Gasteiger partial charge in [-0.25, -0.2) is 0 Å². The summed E-state index contributed by atoms with van der Waals surface area (Å²) in [4.78, 5) is 27.3. The Hall–Kier alpha value is -1.75. The van der Waals surface area contributed by atoms with Crippen LogP contribution in [0, 0.1) is 0 Å². The molecule has 156 valence electrons. The number of hydrogen-bond acceptors (Lipinski definition) is 2. The van der Waals surface area contributed by atoms with Gasteiger partial charge in [0.2, 0.25) is 11.8 Å². The van der Waals surface area contributed by atoms with Crippen LogP contribution in [0.15, 0.2) is 42.5 Å². The van der Waals surface area contributed by atoms with Crippen molar-refractivity contribution in [2.24, 2.45) is 0 Å². The summed E-state index contributed by atoms with van der Waals surface area (Å²) in [5, 5.41) is 4.41. The van der Waals surface area contributed by atoms with Gasteiger partial charge in [-0.05, 0) is 48.7 Å². The summed E-state index contributed by atoms with van der Waals surface area (Å²) >= 11 is 18.3. The van der Waals surface area contributed by atoms with Crippen LogP contribution < -0.4 is 5.32 Å². The Bertz CT molecular complexity index is 858. The summed E-state index contributed by atoms with van der Waals surface area (Å²) in [6.45, 7) is 4.64. The van der Waals surface area contributed by atoms with Gasteiger partial charge in [-0.2, -0.15) is 0 Å². The first-order valence-corrected chi connectivity index (χ1v) is 10.7. The van der Waals surface area contributed by atoms with E-state index in [9.17, 15) is 9.59 Å². The molecule has 0 bridgehead atoms. The molecule has 0 unspecified atom stereocenters. The highest BCUT2D eigenvalue weighted by Crippen LogP contribution is 2.23. The molecule has 1 atom stereocenters. The molecule has 0 aliphatic heterocycles. The highest BCUT2D eigenvalue weighted by atomic mass is 35.5. The van der Waals surface area contributed by atoms with Crippen molar-refractivity contribution in [3.05, 3.63) is 68.7 Å². The summed E-state index contributed by atoms with van der Waals surface area (Å²) in [6, 6.07) is 11.7. The van der Waals surface area contributed by atoms with Crippen LogP contribution in [-0.2, 0) is 22.6 Å². The number of nitrogens with one attached hydrogen (secondary N) is 1. The Labute approximate surface area is 187 Å². The smallest absolute Gasteiger partial charge is 0.242 e. The van der Waals surface area contributed by atoms with Gasteiger partial charge in [-0.1, -0.05) is 66.3 Å². The van der Waals surface area contributed by atoms with Crippen molar-refractivity contribution in [2.75, 3.05) is 6.54 Å². The van der Waals surface area contributed by atoms with Crippen LogP contribution in [-0.4, -0.2) is 29.3 Å². The molecule has 1 N–H and O–H groups in total. The number of carbonyl (C=O) groups excluding carboxylic acids is 2. The first-order chi connectivity index (χ1) is 13.8. The summed E-state index contributed by atoms with van der Waals surface area (Å²) in [5.74, 6) is -0.386. The van der Waals surface area contributed by atoms with Gasteiger partial charge in [-0.3, -0.25) is 9.59 Å². The summed E-state index contributed by atoms with van der Waals surface area (Å²) in [5.41, 5.74) is 1.51. The average Bonchev–Trinajstić information content (AvgIpc) is 2.68. The van der Waals surface area contributed by atoms with Crippen molar-refractivity contribution in [1.29, 1.82) is 0 Å². The van der Waals surface area contributed by atoms with Crippen molar-refractivity contribution >= 4 is 46.6 Å². The Balaban J connectivity index is 2.22. The highest BCUT2D eigenvalue weighted by molar-refractivity contribution is 6.35. The number of nitrogens with zero attached hydrogens (tertiary/aromatic N) is 1. The van der Waals surface area contributed by atoms with Crippen molar-refractivity contribution < 1.29 is 9.59 Å². The number of carbonyl (C=O) groups is 2. The van der Waals surface area contributed by atoms with E-state index in [-0.39, 0.29) is 24.8 Å². The maximum Gasteiger partial charge on any atom is 0.242 e. The van der Waals surface area contributed by atoms with E-state index in [0.29, 0.717) is 27.2 Å². The lowest BCUT2D eigenvalue weighted by Gasteiger charge is -2.29. The van der Waals surface area contributed by atoms with E-state index in [2.05, 4.69) is 12.2 Å². The van der Waals surface area contributed by atoms with E-state index >= 15 is 0 Å². The molecule has 0 saturated carbocycles. The van der Waals surface area contributed by atoms with Gasteiger partial charge in [0.05, 0.1) is 6.42 Å². The lowest BCUT2D eigenvalue weighted by molar-refractivity contribution is -0.140. The maximum atomic E-state index is 13.1. The van der Waals surface area contributed by atoms with E-state index in [1.807, 2.05) is 12.1 Å². The minimum absolute atomic E-state index is 0.0726. The summed E-state index contributed by atoms with van der Waals surface area (Å²) in [6.07, 6.45) is 1.94. The van der Waals surface area contributed by atoms with Crippen LogP contribution >= 0.6 is 34.8 Å². The second kappa shape index (κ2) is 11.4. The molecule has 0 aliphatic carbocycles. The fourth-order valence-electron chi connectivity index (χ4n) is 2.88. The monoisotopic (exact) mass is 454 g/mol. The minimum Gasteiger partial charge on any atom is -0.354 e. The maximum absolute atomic E-state index is 13.1. The predicted molar refractivity (Wildman–Crippen MR) is 120 cm³/mol.